The van der Waals surface area contributed by atoms with Gasteiger partial charge in [0, 0.05) is 35.6 Å². The number of carbonyl (C=O) groups is 1. The number of benzene rings is 2. The lowest BCUT2D eigenvalue weighted by molar-refractivity contribution is 0.0988. The second kappa shape index (κ2) is 8.67. The summed E-state index contributed by atoms with van der Waals surface area (Å²) in [7, 11) is 0. The Morgan fingerprint density at radius 2 is 1.74 bits per heavy atom. The molecule has 0 unspecified atom stereocenters. The molecule has 1 N–H and O–H groups in total. The summed E-state index contributed by atoms with van der Waals surface area (Å²) in [4.78, 5) is 27.1. The van der Waals surface area contributed by atoms with Crippen molar-refractivity contribution in [3.8, 4) is 5.75 Å². The van der Waals surface area contributed by atoms with Crippen molar-refractivity contribution in [1.82, 2.24) is 4.90 Å². The molecule has 162 valence electrons. The van der Waals surface area contributed by atoms with Gasteiger partial charge in [-0.25, -0.2) is 0 Å². The first-order valence-corrected chi connectivity index (χ1v) is 11.0. The maximum atomic E-state index is 12.9. The Morgan fingerprint density at radius 3 is 2.39 bits per heavy atom. The lowest BCUT2D eigenvalue weighted by Crippen LogP contribution is -2.33. The maximum absolute atomic E-state index is 12.9. The van der Waals surface area contributed by atoms with Crippen LogP contribution in [0.25, 0.3) is 11.0 Å². The quantitative estimate of drug-likeness (QED) is 0.584. The Balaban J connectivity index is 1.48. The third-order valence-corrected chi connectivity index (χ3v) is 6.51. The van der Waals surface area contributed by atoms with Gasteiger partial charge < -0.3 is 9.52 Å². The maximum Gasteiger partial charge on any atom is 0.195 e. The van der Waals surface area contributed by atoms with Crippen LogP contribution >= 0.6 is 0 Å². The Kier molecular flexibility index (Phi) is 5.96. The highest BCUT2D eigenvalue weighted by molar-refractivity contribution is 5.95. The third kappa shape index (κ3) is 4.15. The Morgan fingerprint density at radius 1 is 1.06 bits per heavy atom. The lowest BCUT2D eigenvalue weighted by Gasteiger charge is -2.32. The minimum atomic E-state index is -0.0107. The summed E-state index contributed by atoms with van der Waals surface area (Å²) < 4.78 is 6.21. The molecule has 0 bridgehead atoms. The zero-order valence-electron chi connectivity index (χ0n) is 18.4. The van der Waals surface area contributed by atoms with E-state index in [0.717, 1.165) is 43.8 Å². The Hall–Kier alpha value is -2.92. The van der Waals surface area contributed by atoms with Crippen molar-refractivity contribution in [2.24, 2.45) is 0 Å². The molecule has 31 heavy (non-hydrogen) atoms. The van der Waals surface area contributed by atoms with Gasteiger partial charge in [-0.3, -0.25) is 14.5 Å². The molecular weight excluding hydrogens is 390 g/mol. The van der Waals surface area contributed by atoms with E-state index in [2.05, 4.69) is 4.90 Å². The second-order valence-electron chi connectivity index (χ2n) is 8.53. The molecule has 5 heteroatoms. The molecule has 4 rings (SSSR count). The van der Waals surface area contributed by atoms with Crippen LogP contribution in [0.1, 0.15) is 64.9 Å². The van der Waals surface area contributed by atoms with Crippen LogP contribution in [-0.2, 0) is 6.54 Å². The molecule has 5 nitrogen and oxygen atoms in total. The van der Waals surface area contributed by atoms with Crippen molar-refractivity contribution in [1.29, 1.82) is 0 Å². The number of likely N-dealkylation sites (tertiary alicyclic amines) is 1. The molecule has 0 spiro atoms. The number of hydrogen-bond acceptors (Lipinski definition) is 5. The summed E-state index contributed by atoms with van der Waals surface area (Å²) in [6.45, 7) is 8.18. The van der Waals surface area contributed by atoms with Gasteiger partial charge in [0.05, 0.1) is 5.39 Å². The van der Waals surface area contributed by atoms with Crippen LogP contribution in [-0.4, -0.2) is 28.9 Å². The fraction of sp³-hybridized carbons (Fsp3) is 0.385. The fourth-order valence-corrected chi connectivity index (χ4v) is 4.49. The van der Waals surface area contributed by atoms with Crippen LogP contribution in [0.4, 0.5) is 0 Å². The molecule has 2 aromatic carbocycles. The number of rotatable bonds is 5. The standard InChI is InChI=1S/C26H29NO4/c1-4-22(28)19-7-5-18(6-8-19)15-27-13-11-20(12-14-27)25-17(3)24(30)21-9-10-23(29)16(2)26(21)31-25/h5-10,20,29H,4,11-15H2,1-3H3. The molecule has 1 fully saturated rings. The number of aromatic hydroxyl groups is 1. The molecular formula is C26H29NO4. The Labute approximate surface area is 182 Å². The second-order valence-corrected chi connectivity index (χ2v) is 8.53. The van der Waals surface area contributed by atoms with Gasteiger partial charge in [0.2, 0.25) is 0 Å². The van der Waals surface area contributed by atoms with E-state index >= 15 is 0 Å². The van der Waals surface area contributed by atoms with Gasteiger partial charge in [-0.05, 0) is 57.5 Å². The van der Waals surface area contributed by atoms with Crippen LogP contribution in [0.2, 0.25) is 0 Å². The molecule has 1 aliphatic heterocycles. The smallest absolute Gasteiger partial charge is 0.195 e. The molecule has 0 aliphatic carbocycles. The number of fused-ring (bicyclic) bond motifs is 1. The number of hydrogen-bond donors (Lipinski definition) is 1. The van der Waals surface area contributed by atoms with Crippen LogP contribution in [0.3, 0.4) is 0 Å². The first-order chi connectivity index (χ1) is 14.9. The van der Waals surface area contributed by atoms with E-state index in [0.29, 0.717) is 28.5 Å². The average molecular weight is 420 g/mol. The Bertz CT molecular complexity index is 1170. The predicted molar refractivity (Wildman–Crippen MR) is 122 cm³/mol. The van der Waals surface area contributed by atoms with E-state index < -0.39 is 0 Å². The summed E-state index contributed by atoms with van der Waals surface area (Å²) in [6, 6.07) is 11.1. The number of ketones is 1. The molecule has 2 heterocycles. The van der Waals surface area contributed by atoms with Gasteiger partial charge in [0.1, 0.15) is 17.1 Å². The van der Waals surface area contributed by atoms with Gasteiger partial charge in [0.25, 0.3) is 0 Å². The van der Waals surface area contributed by atoms with Crippen molar-refractivity contribution in [3.05, 3.63) is 74.6 Å². The predicted octanol–water partition coefficient (Wildman–Crippen LogP) is 5.09. The van der Waals surface area contributed by atoms with Crippen LogP contribution in [0.5, 0.6) is 5.75 Å². The zero-order chi connectivity index (χ0) is 22.1. The summed E-state index contributed by atoms with van der Waals surface area (Å²) >= 11 is 0. The lowest BCUT2D eigenvalue weighted by atomic mass is 9.90. The minimum absolute atomic E-state index is 0.0107. The summed E-state index contributed by atoms with van der Waals surface area (Å²) in [5.74, 6) is 1.27. The summed E-state index contributed by atoms with van der Waals surface area (Å²) in [5.41, 5.74) is 3.74. The number of phenolic OH excluding ortho intramolecular Hbond substituents is 1. The highest BCUT2D eigenvalue weighted by atomic mass is 16.3. The van der Waals surface area contributed by atoms with Gasteiger partial charge >= 0.3 is 0 Å². The molecule has 0 amide bonds. The van der Waals surface area contributed by atoms with E-state index in [4.69, 9.17) is 4.42 Å². The first kappa shape index (κ1) is 21.3. The van der Waals surface area contributed by atoms with Gasteiger partial charge in [-0.1, -0.05) is 31.2 Å². The highest BCUT2D eigenvalue weighted by Crippen LogP contribution is 2.34. The SMILES string of the molecule is CCC(=O)c1ccc(CN2CCC(c3oc4c(C)c(O)ccc4c(=O)c3C)CC2)cc1. The summed E-state index contributed by atoms with van der Waals surface area (Å²) in [5, 5.41) is 10.6. The fourth-order valence-electron chi connectivity index (χ4n) is 4.49. The van der Waals surface area contributed by atoms with E-state index in [9.17, 15) is 14.7 Å². The van der Waals surface area contributed by atoms with Crippen LogP contribution in [0.15, 0.2) is 45.6 Å². The monoisotopic (exact) mass is 419 g/mol. The number of Topliss-reactive ketones (excluding diaryl/α,β-unsaturated/α-hetero) is 1. The van der Waals surface area contributed by atoms with Crippen LogP contribution < -0.4 is 5.43 Å². The first-order valence-electron chi connectivity index (χ1n) is 11.0. The zero-order valence-corrected chi connectivity index (χ0v) is 18.4. The topological polar surface area (TPSA) is 70.8 Å². The number of carbonyl (C=O) groups excluding carboxylic acids is 1. The van der Waals surface area contributed by atoms with Crippen molar-refractivity contribution in [3.63, 3.8) is 0 Å². The van der Waals surface area contributed by atoms with Gasteiger partial charge in [-0.15, -0.1) is 0 Å². The molecule has 1 aromatic heterocycles. The van der Waals surface area contributed by atoms with E-state index in [1.807, 2.05) is 38.1 Å². The molecule has 0 radical (unpaired) electrons. The normalized spacial score (nSPS) is 15.5. The molecule has 1 aliphatic rings. The average Bonchev–Trinajstić information content (AvgIpc) is 2.79. The van der Waals surface area contributed by atoms with Crippen molar-refractivity contribution < 1.29 is 14.3 Å². The minimum Gasteiger partial charge on any atom is -0.508 e. The van der Waals surface area contributed by atoms with Gasteiger partial charge in [-0.2, -0.15) is 0 Å². The number of nitrogens with zero attached hydrogens (tertiary/aromatic N) is 1. The van der Waals surface area contributed by atoms with Crippen molar-refractivity contribution >= 4 is 16.8 Å². The number of aryl methyl sites for hydroxylation is 1. The number of piperidine rings is 1. The molecule has 1 saturated heterocycles. The van der Waals surface area contributed by atoms with E-state index in [1.54, 1.807) is 19.1 Å². The van der Waals surface area contributed by atoms with Crippen LogP contribution in [0, 0.1) is 13.8 Å². The van der Waals surface area contributed by atoms with Crippen molar-refractivity contribution in [2.45, 2.75) is 52.5 Å². The highest BCUT2D eigenvalue weighted by Gasteiger charge is 2.26. The largest absolute Gasteiger partial charge is 0.508 e. The van der Waals surface area contributed by atoms with Crippen molar-refractivity contribution in [2.75, 3.05) is 13.1 Å². The summed E-state index contributed by atoms with van der Waals surface area (Å²) in [6.07, 6.45) is 2.36. The molecule has 0 atom stereocenters. The van der Waals surface area contributed by atoms with E-state index in [1.165, 1.54) is 5.56 Å². The van der Waals surface area contributed by atoms with E-state index in [-0.39, 0.29) is 22.9 Å². The third-order valence-electron chi connectivity index (χ3n) is 6.51. The number of phenols is 1. The molecule has 3 aromatic rings. The molecule has 0 saturated carbocycles. The van der Waals surface area contributed by atoms with Gasteiger partial charge in [0.15, 0.2) is 11.2 Å².